The van der Waals surface area contributed by atoms with Crippen molar-refractivity contribution in [1.29, 1.82) is 0 Å². The predicted octanol–water partition coefficient (Wildman–Crippen LogP) is 4.52. The minimum absolute atomic E-state index is 0.00866. The predicted molar refractivity (Wildman–Crippen MR) is 109 cm³/mol. The number of carbonyl (C=O) groups excluding carboxylic acids is 1. The molecule has 3 atom stereocenters. The molecule has 2 aliphatic rings. The summed E-state index contributed by atoms with van der Waals surface area (Å²) >= 11 is 0. The molecule has 0 amide bonds. The summed E-state index contributed by atoms with van der Waals surface area (Å²) in [6.45, 7) is 8.19. The Kier molecular flexibility index (Phi) is 7.68. The zero-order valence-electron chi connectivity index (χ0n) is 18.4. The molecule has 0 radical (unpaired) electrons. The minimum Gasteiger partial charge on any atom is -0.460 e. The van der Waals surface area contributed by atoms with Crippen LogP contribution in [0, 0.1) is 5.92 Å². The summed E-state index contributed by atoms with van der Waals surface area (Å²) in [6.07, 6.45) is 11.1. The molecule has 164 valence electrons. The van der Waals surface area contributed by atoms with Gasteiger partial charge < -0.3 is 18.7 Å². The first-order valence-electron chi connectivity index (χ1n) is 11.2. The molecule has 29 heavy (non-hydrogen) atoms. The molecule has 2 heterocycles. The fourth-order valence-corrected chi connectivity index (χ4v) is 4.23. The Morgan fingerprint density at radius 1 is 1.28 bits per heavy atom. The monoisotopic (exact) mass is 409 g/mol. The van der Waals surface area contributed by atoms with Crippen molar-refractivity contribution in [2.45, 2.75) is 109 Å². The quantitative estimate of drug-likeness (QED) is 0.321. The first-order chi connectivity index (χ1) is 13.9. The van der Waals surface area contributed by atoms with E-state index in [2.05, 4.69) is 14.9 Å². The van der Waals surface area contributed by atoms with Crippen LogP contribution in [0.1, 0.15) is 108 Å². The molecule has 1 aliphatic heterocycles. The standard InChI is InChI=1S/C22H36N2O5/c1-5-26-20(25)18-23-19(29-24-18)16(13-9-12-15-10-7-6-8-11-15)14-17-21(27-17)28-22(2,3)4/h15-17,21H,5-14H2,1-4H3/p+1/t16-,17?,21?/m1/s1. The van der Waals surface area contributed by atoms with Gasteiger partial charge in [-0.15, -0.1) is 0 Å². The summed E-state index contributed by atoms with van der Waals surface area (Å²) < 4.78 is 21.0. The third-order valence-corrected chi connectivity index (χ3v) is 5.72. The van der Waals surface area contributed by atoms with Crippen LogP contribution in [0.4, 0.5) is 0 Å². The molecule has 7 heteroatoms. The lowest BCUT2D eigenvalue weighted by atomic mass is 9.84. The average molecular weight is 410 g/mol. The molecule has 7 nitrogen and oxygen atoms in total. The normalized spacial score (nSPS) is 23.7. The van der Waals surface area contributed by atoms with E-state index in [1.165, 1.54) is 38.5 Å². The number of hydrogen-bond donors (Lipinski definition) is 0. The number of epoxide rings is 1. The van der Waals surface area contributed by atoms with Gasteiger partial charge >= 0.3 is 12.3 Å². The van der Waals surface area contributed by atoms with Crippen LogP contribution in [0.2, 0.25) is 0 Å². The smallest absolute Gasteiger partial charge is 0.379 e. The molecular weight excluding hydrogens is 372 g/mol. The van der Waals surface area contributed by atoms with Crippen LogP contribution in [0.25, 0.3) is 0 Å². The van der Waals surface area contributed by atoms with Gasteiger partial charge in [0.1, 0.15) is 0 Å². The Morgan fingerprint density at radius 3 is 2.72 bits per heavy atom. The number of esters is 1. The number of aromatic nitrogens is 2. The molecule has 2 fully saturated rings. The zero-order valence-corrected chi connectivity index (χ0v) is 18.4. The van der Waals surface area contributed by atoms with Crippen molar-refractivity contribution in [3.8, 4) is 0 Å². The van der Waals surface area contributed by atoms with Gasteiger partial charge in [-0.25, -0.2) is 4.79 Å². The summed E-state index contributed by atoms with van der Waals surface area (Å²) in [5.41, 5.74) is -0.207. The van der Waals surface area contributed by atoms with E-state index in [0.29, 0.717) is 12.5 Å². The maximum absolute atomic E-state index is 11.9. The number of nitrogens with zero attached hydrogens (tertiary/aromatic N) is 2. The van der Waals surface area contributed by atoms with Gasteiger partial charge in [-0.1, -0.05) is 44.9 Å². The SMILES string of the molecule is CCOC(=O)c1noc([C@H](CCCC2CCCCC2)CC2[OH+]C2OC(C)(C)C)n1. The summed E-state index contributed by atoms with van der Waals surface area (Å²) in [6, 6.07) is 0. The average Bonchev–Trinajstić information content (AvgIpc) is 3.17. The highest BCUT2D eigenvalue weighted by Crippen LogP contribution is 2.36. The third-order valence-electron chi connectivity index (χ3n) is 5.72. The van der Waals surface area contributed by atoms with Crippen molar-refractivity contribution in [3.63, 3.8) is 0 Å². The fourth-order valence-electron chi connectivity index (χ4n) is 4.23. The van der Waals surface area contributed by atoms with E-state index in [0.717, 1.165) is 25.2 Å². The van der Waals surface area contributed by atoms with Gasteiger partial charge in [0, 0.05) is 12.3 Å². The Bertz CT molecular complexity index is 648. The second kappa shape index (κ2) is 10.0. The van der Waals surface area contributed by atoms with Crippen molar-refractivity contribution in [3.05, 3.63) is 11.7 Å². The Morgan fingerprint density at radius 2 is 2.03 bits per heavy atom. The maximum atomic E-state index is 11.9. The topological polar surface area (TPSA) is 87.2 Å². The number of aliphatic hydroxyl groups is 2. The first kappa shape index (κ1) is 22.2. The highest BCUT2D eigenvalue weighted by molar-refractivity contribution is 5.84. The molecule has 3 rings (SSSR count). The van der Waals surface area contributed by atoms with E-state index >= 15 is 0 Å². The molecule has 2 unspecified atom stereocenters. The van der Waals surface area contributed by atoms with Gasteiger partial charge in [0.15, 0.2) is 0 Å². The molecule has 0 aromatic carbocycles. The van der Waals surface area contributed by atoms with E-state index in [1.54, 1.807) is 6.92 Å². The van der Waals surface area contributed by atoms with Crippen molar-refractivity contribution in [1.82, 2.24) is 10.1 Å². The molecule has 1 aromatic rings. The lowest BCUT2D eigenvalue weighted by Crippen LogP contribution is -2.22. The van der Waals surface area contributed by atoms with Gasteiger partial charge in [-0.05, 0) is 45.2 Å². The molecular formula is C22H37N2O5+. The molecule has 1 saturated heterocycles. The fraction of sp³-hybridized carbons (Fsp3) is 0.864. The van der Waals surface area contributed by atoms with E-state index in [-0.39, 0.29) is 29.7 Å². The van der Waals surface area contributed by atoms with E-state index in [4.69, 9.17) is 14.0 Å². The maximum Gasteiger partial charge on any atom is 0.379 e. The largest absolute Gasteiger partial charge is 0.460 e. The molecule has 1 aromatic heterocycles. The van der Waals surface area contributed by atoms with Crippen molar-refractivity contribution >= 4 is 5.97 Å². The number of hydrogen-bond acceptors (Lipinski definition) is 6. The highest BCUT2D eigenvalue weighted by atomic mass is 16.8. The third kappa shape index (κ3) is 7.07. The van der Waals surface area contributed by atoms with Crippen LogP contribution < -0.4 is 0 Å². The second-order valence-electron chi connectivity index (χ2n) is 9.38. The van der Waals surface area contributed by atoms with Crippen molar-refractivity contribution in [2.75, 3.05) is 6.61 Å². The number of rotatable bonds is 10. The highest BCUT2D eigenvalue weighted by Gasteiger charge is 2.52. The number of ether oxygens (including phenoxy) is 3. The van der Waals surface area contributed by atoms with Crippen LogP contribution in [-0.2, 0) is 9.47 Å². The molecule has 0 bridgehead atoms. The first-order valence-corrected chi connectivity index (χ1v) is 11.2. The molecule has 1 aliphatic carbocycles. The van der Waals surface area contributed by atoms with Gasteiger partial charge in [0.05, 0.1) is 12.2 Å². The Labute approximate surface area is 173 Å². The lowest BCUT2D eigenvalue weighted by Gasteiger charge is -2.21. The number of carbonyl (C=O) groups is 1. The van der Waals surface area contributed by atoms with Gasteiger partial charge in [0.2, 0.25) is 5.89 Å². The summed E-state index contributed by atoms with van der Waals surface area (Å²) in [5.74, 6) is 0.942. The van der Waals surface area contributed by atoms with Gasteiger partial charge in [0.25, 0.3) is 11.9 Å². The lowest BCUT2D eigenvalue weighted by molar-refractivity contribution is -0.0919. The van der Waals surface area contributed by atoms with Crippen LogP contribution in [0.15, 0.2) is 4.52 Å². The molecule has 0 spiro atoms. The van der Waals surface area contributed by atoms with Crippen molar-refractivity contribution in [2.24, 2.45) is 5.92 Å². The Hall–Kier alpha value is -1.47. The minimum atomic E-state index is -0.534. The van der Waals surface area contributed by atoms with Crippen LogP contribution in [0.5, 0.6) is 0 Å². The summed E-state index contributed by atoms with van der Waals surface area (Å²) in [7, 11) is 0. The van der Waals surface area contributed by atoms with Gasteiger partial charge in [-0.3, -0.25) is 0 Å². The summed E-state index contributed by atoms with van der Waals surface area (Å²) in [5, 5.41) is 3.84. The van der Waals surface area contributed by atoms with E-state index < -0.39 is 5.97 Å². The molecule has 1 saturated carbocycles. The van der Waals surface area contributed by atoms with Gasteiger partial charge in [-0.2, -0.15) is 4.98 Å². The molecule has 1 N–H and O–H groups in total. The zero-order chi connectivity index (χ0) is 20.9. The summed E-state index contributed by atoms with van der Waals surface area (Å²) in [4.78, 5) is 16.2. The Balaban J connectivity index is 1.58. The van der Waals surface area contributed by atoms with E-state index in [9.17, 15) is 4.79 Å². The van der Waals surface area contributed by atoms with Crippen LogP contribution in [-0.4, -0.2) is 45.4 Å². The van der Waals surface area contributed by atoms with E-state index in [1.807, 2.05) is 20.8 Å². The van der Waals surface area contributed by atoms with Crippen LogP contribution in [0.3, 0.4) is 0 Å². The van der Waals surface area contributed by atoms with Crippen molar-refractivity contribution < 1.29 is 23.5 Å². The van der Waals surface area contributed by atoms with Crippen LogP contribution >= 0.6 is 0 Å². The second-order valence-corrected chi connectivity index (χ2v) is 9.38.